The number of pyridine rings is 1. The zero-order valence-electron chi connectivity index (χ0n) is 18.0. The van der Waals surface area contributed by atoms with Crippen LogP contribution in [0.25, 0.3) is 10.9 Å². The maximum absolute atomic E-state index is 12.1. The molecule has 0 bridgehead atoms. The monoisotopic (exact) mass is 408 g/mol. The van der Waals surface area contributed by atoms with Crippen molar-refractivity contribution in [2.75, 3.05) is 18.1 Å². The van der Waals surface area contributed by atoms with Crippen LogP contribution in [0.15, 0.2) is 55.0 Å². The SMILES string of the molecule is CCCCCCCNC(=O)Oc1ccc2c(ccn2N(CCC)c2ccncc2)c1. The molecule has 6 heteroatoms. The predicted molar refractivity (Wildman–Crippen MR) is 122 cm³/mol. The van der Waals surface area contributed by atoms with E-state index in [0.717, 1.165) is 42.4 Å². The van der Waals surface area contributed by atoms with Crippen molar-refractivity contribution in [1.82, 2.24) is 15.0 Å². The minimum absolute atomic E-state index is 0.395. The minimum Gasteiger partial charge on any atom is -0.410 e. The Morgan fingerprint density at radius 3 is 2.60 bits per heavy atom. The van der Waals surface area contributed by atoms with Crippen molar-refractivity contribution >= 4 is 22.7 Å². The first-order chi connectivity index (χ1) is 14.7. The summed E-state index contributed by atoms with van der Waals surface area (Å²) in [6.45, 7) is 5.89. The quantitative estimate of drug-likeness (QED) is 0.409. The van der Waals surface area contributed by atoms with E-state index >= 15 is 0 Å². The molecule has 2 heterocycles. The second-order valence-corrected chi connectivity index (χ2v) is 7.44. The summed E-state index contributed by atoms with van der Waals surface area (Å²) in [6, 6.07) is 11.8. The third-order valence-corrected chi connectivity index (χ3v) is 5.06. The molecular weight excluding hydrogens is 376 g/mol. The molecule has 6 nitrogen and oxygen atoms in total. The van der Waals surface area contributed by atoms with Gasteiger partial charge in [-0.2, -0.15) is 0 Å². The van der Waals surface area contributed by atoms with Gasteiger partial charge in [0.1, 0.15) is 5.75 Å². The Labute approximate surface area is 178 Å². The van der Waals surface area contributed by atoms with Gasteiger partial charge in [-0.25, -0.2) is 4.79 Å². The van der Waals surface area contributed by atoms with Crippen molar-refractivity contribution in [3.05, 3.63) is 55.0 Å². The van der Waals surface area contributed by atoms with Crippen LogP contribution in [0.2, 0.25) is 0 Å². The van der Waals surface area contributed by atoms with Crippen LogP contribution in [0.4, 0.5) is 10.5 Å². The summed E-state index contributed by atoms with van der Waals surface area (Å²) < 4.78 is 7.60. The number of ether oxygens (including phenoxy) is 1. The van der Waals surface area contributed by atoms with Crippen molar-refractivity contribution in [2.45, 2.75) is 52.4 Å². The number of benzene rings is 1. The van der Waals surface area contributed by atoms with E-state index in [4.69, 9.17) is 4.74 Å². The Morgan fingerprint density at radius 2 is 1.83 bits per heavy atom. The van der Waals surface area contributed by atoms with Crippen LogP contribution in [0, 0.1) is 0 Å². The molecule has 0 unspecified atom stereocenters. The molecular formula is C24H32N4O2. The Hall–Kier alpha value is -3.02. The van der Waals surface area contributed by atoms with Crippen LogP contribution in [0.5, 0.6) is 5.75 Å². The molecule has 160 valence electrons. The average molecular weight is 409 g/mol. The maximum atomic E-state index is 12.1. The van der Waals surface area contributed by atoms with Crippen molar-refractivity contribution in [2.24, 2.45) is 0 Å². The molecule has 0 fully saturated rings. The van der Waals surface area contributed by atoms with Gasteiger partial charge >= 0.3 is 6.09 Å². The van der Waals surface area contributed by atoms with E-state index in [1.165, 1.54) is 19.3 Å². The van der Waals surface area contributed by atoms with Gasteiger partial charge in [0.25, 0.3) is 0 Å². The van der Waals surface area contributed by atoms with E-state index in [-0.39, 0.29) is 0 Å². The lowest BCUT2D eigenvalue weighted by Crippen LogP contribution is -2.29. The normalized spacial score (nSPS) is 10.9. The minimum atomic E-state index is -0.395. The number of anilines is 1. The van der Waals surface area contributed by atoms with Gasteiger partial charge in [-0.1, -0.05) is 39.5 Å². The largest absolute Gasteiger partial charge is 0.412 e. The number of hydrogen-bond acceptors (Lipinski definition) is 4. The molecule has 3 aromatic rings. The molecule has 0 saturated carbocycles. The number of carbonyl (C=O) groups is 1. The second kappa shape index (κ2) is 11.2. The number of fused-ring (bicyclic) bond motifs is 1. The van der Waals surface area contributed by atoms with Gasteiger partial charge in [-0.05, 0) is 49.2 Å². The zero-order chi connectivity index (χ0) is 21.2. The van der Waals surface area contributed by atoms with Gasteiger partial charge in [0.2, 0.25) is 0 Å². The summed E-state index contributed by atoms with van der Waals surface area (Å²) >= 11 is 0. The van der Waals surface area contributed by atoms with Crippen molar-refractivity contribution in [3.8, 4) is 5.75 Å². The van der Waals surface area contributed by atoms with Crippen LogP contribution in [-0.2, 0) is 0 Å². The Morgan fingerprint density at radius 1 is 1.03 bits per heavy atom. The van der Waals surface area contributed by atoms with E-state index in [1.54, 1.807) is 12.4 Å². The first kappa shape index (κ1) is 21.7. The molecule has 0 atom stereocenters. The summed E-state index contributed by atoms with van der Waals surface area (Å²) in [5.74, 6) is 0.551. The third-order valence-electron chi connectivity index (χ3n) is 5.06. The van der Waals surface area contributed by atoms with E-state index in [0.29, 0.717) is 12.3 Å². The molecule has 30 heavy (non-hydrogen) atoms. The molecule has 0 saturated heterocycles. The van der Waals surface area contributed by atoms with Crippen molar-refractivity contribution in [3.63, 3.8) is 0 Å². The van der Waals surface area contributed by atoms with E-state index in [9.17, 15) is 4.79 Å². The number of hydrogen-bond donors (Lipinski definition) is 1. The molecule has 0 aliphatic rings. The molecule has 0 aliphatic carbocycles. The van der Waals surface area contributed by atoms with Gasteiger partial charge in [0.05, 0.1) is 11.2 Å². The number of rotatable bonds is 11. The fourth-order valence-corrected chi connectivity index (χ4v) is 3.53. The van der Waals surface area contributed by atoms with Crippen molar-refractivity contribution in [1.29, 1.82) is 0 Å². The van der Waals surface area contributed by atoms with Crippen LogP contribution in [-0.4, -0.2) is 28.8 Å². The molecule has 0 aliphatic heterocycles. The fourth-order valence-electron chi connectivity index (χ4n) is 3.53. The number of nitrogens with one attached hydrogen (secondary N) is 1. The molecule has 2 aromatic heterocycles. The van der Waals surface area contributed by atoms with E-state index in [2.05, 4.69) is 33.8 Å². The van der Waals surface area contributed by atoms with Crippen molar-refractivity contribution < 1.29 is 9.53 Å². The van der Waals surface area contributed by atoms with Gasteiger partial charge < -0.3 is 10.1 Å². The summed E-state index contributed by atoms with van der Waals surface area (Å²) in [7, 11) is 0. The maximum Gasteiger partial charge on any atom is 0.412 e. The van der Waals surface area contributed by atoms with E-state index < -0.39 is 6.09 Å². The highest BCUT2D eigenvalue weighted by Gasteiger charge is 2.12. The standard InChI is InChI=1S/C24H32N4O2/c1-3-5-6-7-8-14-26-24(29)30-22-9-10-23-20(19-22)13-18-28(23)27(17-4-2)21-11-15-25-16-12-21/h9-13,15-16,18-19H,3-8,14,17H2,1-2H3,(H,26,29). The van der Waals surface area contributed by atoms with Gasteiger partial charge in [0.15, 0.2) is 0 Å². The highest BCUT2D eigenvalue weighted by Crippen LogP contribution is 2.25. The molecule has 0 radical (unpaired) electrons. The lowest BCUT2D eigenvalue weighted by Gasteiger charge is -2.26. The summed E-state index contributed by atoms with van der Waals surface area (Å²) in [5.41, 5.74) is 2.15. The Kier molecular flexibility index (Phi) is 8.12. The van der Waals surface area contributed by atoms with E-state index in [1.807, 2.05) is 42.6 Å². The highest BCUT2D eigenvalue weighted by molar-refractivity contribution is 5.83. The predicted octanol–water partition coefficient (Wildman–Crippen LogP) is 5.77. The fraction of sp³-hybridized carbons (Fsp3) is 0.417. The second-order valence-electron chi connectivity index (χ2n) is 7.44. The zero-order valence-corrected chi connectivity index (χ0v) is 18.0. The first-order valence-corrected chi connectivity index (χ1v) is 11.0. The molecule has 1 aromatic carbocycles. The molecule has 1 N–H and O–H groups in total. The smallest absolute Gasteiger partial charge is 0.410 e. The number of unbranched alkanes of at least 4 members (excludes halogenated alkanes) is 4. The summed E-state index contributed by atoms with van der Waals surface area (Å²) in [6.07, 6.45) is 12.1. The first-order valence-electron chi connectivity index (χ1n) is 11.0. The summed E-state index contributed by atoms with van der Waals surface area (Å²) in [4.78, 5) is 16.2. The highest BCUT2D eigenvalue weighted by atomic mass is 16.6. The van der Waals surface area contributed by atoms with Crippen LogP contribution < -0.4 is 15.1 Å². The third kappa shape index (κ3) is 5.75. The molecule has 3 rings (SSSR count). The lowest BCUT2D eigenvalue weighted by atomic mass is 10.1. The number of amides is 1. The van der Waals surface area contributed by atoms with Crippen LogP contribution >= 0.6 is 0 Å². The topological polar surface area (TPSA) is 59.4 Å². The van der Waals surface area contributed by atoms with Gasteiger partial charge in [-0.3, -0.25) is 14.7 Å². The lowest BCUT2D eigenvalue weighted by molar-refractivity contribution is 0.200. The summed E-state index contributed by atoms with van der Waals surface area (Å²) in [5, 5.41) is 6.08. The molecule has 1 amide bonds. The van der Waals surface area contributed by atoms with Crippen LogP contribution in [0.1, 0.15) is 52.4 Å². The van der Waals surface area contributed by atoms with Gasteiger partial charge in [-0.15, -0.1) is 0 Å². The van der Waals surface area contributed by atoms with Gasteiger partial charge in [0, 0.05) is 37.1 Å². The molecule has 0 spiro atoms. The number of carbonyl (C=O) groups excluding carboxylic acids is 1. The number of aromatic nitrogens is 2. The number of nitrogens with zero attached hydrogens (tertiary/aromatic N) is 3. The Balaban J connectivity index is 1.64. The van der Waals surface area contributed by atoms with Crippen LogP contribution in [0.3, 0.4) is 0 Å². The Bertz CT molecular complexity index is 923. The average Bonchev–Trinajstić information content (AvgIpc) is 3.18.